The van der Waals surface area contributed by atoms with E-state index < -0.39 is 52.8 Å². The highest BCUT2D eigenvalue weighted by Crippen LogP contribution is 2.38. The quantitative estimate of drug-likeness (QED) is 0.772. The predicted octanol–water partition coefficient (Wildman–Crippen LogP) is 2.71. The smallest absolute Gasteiger partial charge is 0.418 e. The molecule has 0 saturated carbocycles. The number of aliphatic hydroxyl groups is 1. The summed E-state index contributed by atoms with van der Waals surface area (Å²) >= 11 is 5.54. The van der Waals surface area contributed by atoms with E-state index in [1.807, 2.05) is 0 Å². The maximum absolute atomic E-state index is 13.3. The Bertz CT molecular complexity index is 608. The van der Waals surface area contributed by atoms with E-state index in [1.165, 1.54) is 0 Å². The first kappa shape index (κ1) is 16.8. The monoisotopic (exact) mass is 341 g/mol. The van der Waals surface area contributed by atoms with Crippen molar-refractivity contribution in [1.82, 2.24) is 4.90 Å². The van der Waals surface area contributed by atoms with Crippen LogP contribution in [0.3, 0.4) is 0 Å². The third-order valence-electron chi connectivity index (χ3n) is 3.54. The van der Waals surface area contributed by atoms with Gasteiger partial charge in [-0.3, -0.25) is 4.79 Å². The molecule has 1 fully saturated rings. The molecule has 0 bridgehead atoms. The Kier molecular flexibility index (Phi) is 4.27. The highest BCUT2D eigenvalue weighted by molar-refractivity contribution is 6.32. The van der Waals surface area contributed by atoms with Gasteiger partial charge >= 0.3 is 6.18 Å². The minimum Gasteiger partial charge on any atom is -0.506 e. The normalized spacial score (nSPS) is 22.7. The molecule has 1 aliphatic heterocycles. The molecule has 1 unspecified atom stereocenters. The maximum Gasteiger partial charge on any atom is 0.418 e. The lowest BCUT2D eigenvalue weighted by Crippen LogP contribution is -2.58. The number of likely N-dealkylation sites (tertiary alicyclic amines) is 1. The molecule has 0 aromatic heterocycles. The van der Waals surface area contributed by atoms with Gasteiger partial charge in [0, 0.05) is 6.54 Å². The highest BCUT2D eigenvalue weighted by Gasteiger charge is 2.56. The SMILES string of the molecule is O=C(c1cc(F)cc(Cl)c1O)N1CCCC(O)(C(F)(F)F)C1. The van der Waals surface area contributed by atoms with Crippen molar-refractivity contribution in [1.29, 1.82) is 0 Å². The molecule has 22 heavy (non-hydrogen) atoms. The van der Waals surface area contributed by atoms with Gasteiger partial charge in [-0.05, 0) is 25.0 Å². The number of nitrogens with zero attached hydrogens (tertiary/aromatic N) is 1. The van der Waals surface area contributed by atoms with Crippen molar-refractivity contribution in [3.8, 4) is 5.75 Å². The molecule has 1 aliphatic rings. The second kappa shape index (κ2) is 5.58. The Morgan fingerprint density at radius 3 is 2.59 bits per heavy atom. The molecule has 122 valence electrons. The molecule has 4 nitrogen and oxygen atoms in total. The van der Waals surface area contributed by atoms with Crippen LogP contribution >= 0.6 is 11.6 Å². The van der Waals surface area contributed by atoms with Gasteiger partial charge in [0.1, 0.15) is 11.6 Å². The number of halogens is 5. The van der Waals surface area contributed by atoms with Gasteiger partial charge in [0.2, 0.25) is 0 Å². The van der Waals surface area contributed by atoms with Crippen LogP contribution in [-0.4, -0.2) is 45.9 Å². The van der Waals surface area contributed by atoms with Gasteiger partial charge in [-0.25, -0.2) is 4.39 Å². The summed E-state index contributed by atoms with van der Waals surface area (Å²) in [7, 11) is 0. The number of rotatable bonds is 1. The summed E-state index contributed by atoms with van der Waals surface area (Å²) in [5.74, 6) is -2.65. The van der Waals surface area contributed by atoms with Gasteiger partial charge in [-0.1, -0.05) is 11.6 Å². The molecule has 0 radical (unpaired) electrons. The van der Waals surface area contributed by atoms with Gasteiger partial charge in [0.05, 0.1) is 17.1 Å². The van der Waals surface area contributed by atoms with Crippen LogP contribution in [0.2, 0.25) is 5.02 Å². The Balaban J connectivity index is 2.31. The fraction of sp³-hybridized carbons (Fsp3) is 0.462. The summed E-state index contributed by atoms with van der Waals surface area (Å²) in [6.45, 7) is -1.03. The van der Waals surface area contributed by atoms with Gasteiger partial charge < -0.3 is 15.1 Å². The number of benzene rings is 1. The number of aromatic hydroxyl groups is 1. The minimum atomic E-state index is -4.90. The summed E-state index contributed by atoms with van der Waals surface area (Å²) < 4.78 is 51.8. The summed E-state index contributed by atoms with van der Waals surface area (Å²) in [4.78, 5) is 12.9. The van der Waals surface area contributed by atoms with E-state index >= 15 is 0 Å². The molecule has 1 aromatic carbocycles. The van der Waals surface area contributed by atoms with Gasteiger partial charge in [-0.2, -0.15) is 13.2 Å². The van der Waals surface area contributed by atoms with Crippen molar-refractivity contribution in [3.63, 3.8) is 0 Å². The zero-order valence-corrected chi connectivity index (χ0v) is 11.9. The lowest BCUT2D eigenvalue weighted by molar-refractivity contribution is -0.271. The molecule has 1 saturated heterocycles. The van der Waals surface area contributed by atoms with Crippen molar-refractivity contribution in [3.05, 3.63) is 28.5 Å². The van der Waals surface area contributed by atoms with E-state index in [4.69, 9.17) is 11.6 Å². The number of hydrogen-bond acceptors (Lipinski definition) is 3. The van der Waals surface area contributed by atoms with Gasteiger partial charge in [0.15, 0.2) is 5.60 Å². The molecule has 2 rings (SSSR count). The Hall–Kier alpha value is -1.54. The lowest BCUT2D eigenvalue weighted by atomic mass is 9.91. The standard InChI is InChI=1S/C13H12ClF4NO3/c14-9-5-7(15)4-8(10(9)20)11(21)19-3-1-2-12(22,6-19)13(16,17)18/h4-5,20,22H,1-3,6H2. The third-order valence-corrected chi connectivity index (χ3v) is 3.83. The van der Waals surface area contributed by atoms with E-state index in [-0.39, 0.29) is 13.0 Å². The number of hydrogen-bond donors (Lipinski definition) is 2. The van der Waals surface area contributed by atoms with Crippen LogP contribution < -0.4 is 0 Å². The van der Waals surface area contributed by atoms with E-state index in [0.29, 0.717) is 6.07 Å². The number of carbonyl (C=O) groups is 1. The second-order valence-corrected chi connectivity index (χ2v) is 5.55. The van der Waals surface area contributed by atoms with Crippen LogP contribution in [0.5, 0.6) is 5.75 Å². The van der Waals surface area contributed by atoms with Crippen LogP contribution in [0.4, 0.5) is 17.6 Å². The summed E-state index contributed by atoms with van der Waals surface area (Å²) in [5.41, 5.74) is -3.57. The molecular formula is C13H12ClF4NO3. The molecule has 1 amide bonds. The predicted molar refractivity (Wildman–Crippen MR) is 69.2 cm³/mol. The van der Waals surface area contributed by atoms with Crippen LogP contribution in [0.25, 0.3) is 0 Å². The molecule has 9 heteroatoms. The molecule has 2 N–H and O–H groups in total. The zero-order valence-electron chi connectivity index (χ0n) is 11.1. The summed E-state index contributed by atoms with van der Waals surface area (Å²) in [6, 6.07) is 1.46. The Labute approximate surface area is 127 Å². The fourth-order valence-corrected chi connectivity index (χ4v) is 2.55. The van der Waals surface area contributed by atoms with Crippen LogP contribution in [0.15, 0.2) is 12.1 Å². The molecule has 1 atom stereocenters. The van der Waals surface area contributed by atoms with E-state index in [1.54, 1.807) is 0 Å². The van der Waals surface area contributed by atoms with Crippen molar-refractivity contribution in [2.45, 2.75) is 24.6 Å². The Morgan fingerprint density at radius 2 is 2.00 bits per heavy atom. The van der Waals surface area contributed by atoms with Crippen molar-refractivity contribution >= 4 is 17.5 Å². The number of phenolic OH excluding ortho intramolecular Hbond substituents is 1. The fourth-order valence-electron chi connectivity index (χ4n) is 2.34. The Morgan fingerprint density at radius 1 is 1.36 bits per heavy atom. The number of phenols is 1. The number of carbonyl (C=O) groups excluding carboxylic acids is 1. The van der Waals surface area contributed by atoms with Crippen molar-refractivity contribution < 1.29 is 32.6 Å². The maximum atomic E-state index is 13.3. The lowest BCUT2D eigenvalue weighted by Gasteiger charge is -2.40. The molecular weight excluding hydrogens is 330 g/mol. The zero-order chi connectivity index (χ0) is 16.7. The number of β-amino-alcohol motifs (C(OH)–C–C–N with tert-alkyl or cyclic N) is 1. The largest absolute Gasteiger partial charge is 0.506 e. The number of amides is 1. The van der Waals surface area contributed by atoms with Crippen molar-refractivity contribution in [2.75, 3.05) is 13.1 Å². The van der Waals surface area contributed by atoms with E-state index in [2.05, 4.69) is 0 Å². The second-order valence-electron chi connectivity index (χ2n) is 5.14. The molecule has 1 aromatic rings. The first-order valence-corrected chi connectivity index (χ1v) is 6.69. The topological polar surface area (TPSA) is 60.8 Å². The first-order chi connectivity index (χ1) is 10.0. The average molecular weight is 342 g/mol. The average Bonchev–Trinajstić information content (AvgIpc) is 2.41. The molecule has 0 spiro atoms. The number of piperidine rings is 1. The van der Waals surface area contributed by atoms with E-state index in [0.717, 1.165) is 11.0 Å². The van der Waals surface area contributed by atoms with Crippen molar-refractivity contribution in [2.24, 2.45) is 0 Å². The summed E-state index contributed by atoms with van der Waals surface area (Å²) in [5, 5.41) is 18.9. The third kappa shape index (κ3) is 2.98. The van der Waals surface area contributed by atoms with E-state index in [9.17, 15) is 32.6 Å². The first-order valence-electron chi connectivity index (χ1n) is 6.31. The van der Waals surface area contributed by atoms with Crippen LogP contribution in [0, 0.1) is 5.82 Å². The van der Waals surface area contributed by atoms with Crippen LogP contribution in [-0.2, 0) is 0 Å². The highest BCUT2D eigenvalue weighted by atomic mass is 35.5. The van der Waals surface area contributed by atoms with Gasteiger partial charge in [0.25, 0.3) is 5.91 Å². The number of alkyl halides is 3. The molecule has 0 aliphatic carbocycles. The van der Waals surface area contributed by atoms with Crippen LogP contribution in [0.1, 0.15) is 23.2 Å². The summed E-state index contributed by atoms with van der Waals surface area (Å²) in [6.07, 6.45) is -5.50. The minimum absolute atomic E-state index is 0.0508. The molecule has 1 heterocycles. The van der Waals surface area contributed by atoms with Gasteiger partial charge in [-0.15, -0.1) is 0 Å².